The molecule has 0 aromatic carbocycles. The molecule has 1 aromatic heterocycles. The van der Waals surface area contributed by atoms with Gasteiger partial charge in [-0.2, -0.15) is 0 Å². The third-order valence-corrected chi connectivity index (χ3v) is 3.37. The highest BCUT2D eigenvalue weighted by Gasteiger charge is 2.22. The molecule has 3 nitrogen and oxygen atoms in total. The molecule has 0 spiro atoms. The number of halogens is 2. The van der Waals surface area contributed by atoms with E-state index in [1.807, 2.05) is 0 Å². The molecule has 5 heteroatoms. The molecule has 1 aliphatic carbocycles. The molecule has 94 valence electrons. The van der Waals surface area contributed by atoms with E-state index in [9.17, 15) is 4.39 Å². The second-order valence-electron chi connectivity index (χ2n) is 4.38. The molecule has 17 heavy (non-hydrogen) atoms. The highest BCUT2D eigenvalue weighted by molar-refractivity contribution is 6.18. The van der Waals surface area contributed by atoms with E-state index in [2.05, 4.69) is 14.9 Å². The van der Waals surface area contributed by atoms with Crippen LogP contribution < -0.4 is 4.90 Å². The van der Waals surface area contributed by atoms with Gasteiger partial charge < -0.3 is 4.90 Å². The molecule has 0 radical (unpaired) electrons. The standard InChI is InChI=1S/C12H17ClFN3/c13-6-7-17(11-4-2-1-3-5-11)12-15-8-10(14)9-16-12/h8-9,11H,1-7H2. The zero-order chi connectivity index (χ0) is 12.1. The molecule has 0 amide bonds. The number of hydrogen-bond donors (Lipinski definition) is 0. The van der Waals surface area contributed by atoms with Gasteiger partial charge in [-0.05, 0) is 12.8 Å². The minimum absolute atomic E-state index is 0.400. The smallest absolute Gasteiger partial charge is 0.225 e. The fraction of sp³-hybridized carbons (Fsp3) is 0.667. The molecule has 1 aliphatic rings. The van der Waals surface area contributed by atoms with E-state index in [0.29, 0.717) is 17.9 Å². The van der Waals surface area contributed by atoms with Crippen molar-refractivity contribution in [3.63, 3.8) is 0 Å². The molecule has 2 rings (SSSR count). The third kappa shape index (κ3) is 3.28. The molecule has 0 saturated heterocycles. The Morgan fingerprint density at radius 1 is 1.24 bits per heavy atom. The Bertz CT molecular complexity index is 338. The van der Waals surface area contributed by atoms with E-state index in [1.165, 1.54) is 31.7 Å². The van der Waals surface area contributed by atoms with Crippen molar-refractivity contribution in [1.82, 2.24) is 9.97 Å². The lowest BCUT2D eigenvalue weighted by molar-refractivity contribution is 0.414. The maximum absolute atomic E-state index is 12.8. The Balaban J connectivity index is 2.12. The Kier molecular flexibility index (Phi) is 4.54. The number of hydrogen-bond acceptors (Lipinski definition) is 3. The van der Waals surface area contributed by atoms with Crippen LogP contribution in [0.15, 0.2) is 12.4 Å². The van der Waals surface area contributed by atoms with E-state index >= 15 is 0 Å². The van der Waals surface area contributed by atoms with Crippen molar-refractivity contribution in [2.75, 3.05) is 17.3 Å². The highest BCUT2D eigenvalue weighted by Crippen LogP contribution is 2.25. The predicted octanol–water partition coefficient (Wildman–Crippen LogP) is 2.99. The van der Waals surface area contributed by atoms with Crippen LogP contribution in [0.4, 0.5) is 10.3 Å². The molecule has 1 fully saturated rings. The first-order valence-corrected chi connectivity index (χ1v) is 6.65. The van der Waals surface area contributed by atoms with Crippen LogP contribution in [0.1, 0.15) is 32.1 Å². The van der Waals surface area contributed by atoms with Crippen molar-refractivity contribution in [3.8, 4) is 0 Å². The molecule has 0 unspecified atom stereocenters. The van der Waals surface area contributed by atoms with Crippen LogP contribution in [0.5, 0.6) is 0 Å². The summed E-state index contributed by atoms with van der Waals surface area (Å²) in [5.41, 5.74) is 0. The maximum atomic E-state index is 12.8. The minimum atomic E-state index is -0.400. The fourth-order valence-electron chi connectivity index (χ4n) is 2.38. The van der Waals surface area contributed by atoms with E-state index in [-0.39, 0.29) is 0 Å². The Morgan fingerprint density at radius 3 is 2.47 bits per heavy atom. The van der Waals surface area contributed by atoms with Crippen molar-refractivity contribution < 1.29 is 4.39 Å². The second kappa shape index (κ2) is 6.15. The average Bonchev–Trinajstić information content (AvgIpc) is 2.38. The van der Waals surface area contributed by atoms with Gasteiger partial charge in [-0.3, -0.25) is 0 Å². The van der Waals surface area contributed by atoms with E-state index in [0.717, 1.165) is 19.4 Å². The number of alkyl halides is 1. The summed E-state index contributed by atoms with van der Waals surface area (Å²) in [6, 6.07) is 0.452. The lowest BCUT2D eigenvalue weighted by Gasteiger charge is -2.33. The van der Waals surface area contributed by atoms with Crippen LogP contribution >= 0.6 is 11.6 Å². The van der Waals surface area contributed by atoms with Gasteiger partial charge in [0.15, 0.2) is 5.82 Å². The fourth-order valence-corrected chi connectivity index (χ4v) is 2.57. The summed E-state index contributed by atoms with van der Waals surface area (Å²) in [5.74, 6) is 0.735. The molecule has 1 heterocycles. The summed E-state index contributed by atoms with van der Waals surface area (Å²) in [6.07, 6.45) is 8.51. The van der Waals surface area contributed by atoms with Crippen LogP contribution in [-0.4, -0.2) is 28.4 Å². The maximum Gasteiger partial charge on any atom is 0.225 e. The van der Waals surface area contributed by atoms with Gasteiger partial charge in [0.05, 0.1) is 12.4 Å². The van der Waals surface area contributed by atoms with Gasteiger partial charge in [0.1, 0.15) is 0 Å². The molecule has 0 atom stereocenters. The number of aromatic nitrogens is 2. The Labute approximate surface area is 106 Å². The van der Waals surface area contributed by atoms with E-state index in [1.54, 1.807) is 0 Å². The number of anilines is 1. The van der Waals surface area contributed by atoms with Crippen molar-refractivity contribution in [2.45, 2.75) is 38.1 Å². The molecule has 0 aliphatic heterocycles. The first-order valence-electron chi connectivity index (χ1n) is 6.11. The molecule has 1 aromatic rings. The second-order valence-corrected chi connectivity index (χ2v) is 4.75. The summed E-state index contributed by atoms with van der Waals surface area (Å²) < 4.78 is 12.8. The van der Waals surface area contributed by atoms with Gasteiger partial charge in [-0.25, -0.2) is 14.4 Å². The van der Waals surface area contributed by atoms with Gasteiger partial charge >= 0.3 is 0 Å². The molecular formula is C12H17ClFN3. The molecule has 1 saturated carbocycles. The van der Waals surface area contributed by atoms with E-state index < -0.39 is 5.82 Å². The van der Waals surface area contributed by atoms with Crippen LogP contribution in [-0.2, 0) is 0 Å². The van der Waals surface area contributed by atoms with Gasteiger partial charge in [0.2, 0.25) is 5.95 Å². The summed E-state index contributed by atoms with van der Waals surface area (Å²) in [6.45, 7) is 0.720. The van der Waals surface area contributed by atoms with Crippen LogP contribution in [0.3, 0.4) is 0 Å². The van der Waals surface area contributed by atoms with Crippen LogP contribution in [0, 0.1) is 5.82 Å². The first kappa shape index (κ1) is 12.6. The predicted molar refractivity (Wildman–Crippen MR) is 66.9 cm³/mol. The summed E-state index contributed by atoms with van der Waals surface area (Å²) in [4.78, 5) is 10.2. The largest absolute Gasteiger partial charge is 0.337 e. The van der Waals surface area contributed by atoms with E-state index in [4.69, 9.17) is 11.6 Å². The lowest BCUT2D eigenvalue weighted by Crippen LogP contribution is -2.39. The van der Waals surface area contributed by atoms with Crippen molar-refractivity contribution in [1.29, 1.82) is 0 Å². The van der Waals surface area contributed by atoms with Gasteiger partial charge in [0, 0.05) is 18.5 Å². The number of rotatable bonds is 4. The highest BCUT2D eigenvalue weighted by atomic mass is 35.5. The van der Waals surface area contributed by atoms with Gasteiger partial charge in [-0.15, -0.1) is 11.6 Å². The SMILES string of the molecule is Fc1cnc(N(CCCl)C2CCCCC2)nc1. The first-order chi connectivity index (χ1) is 8.31. The monoisotopic (exact) mass is 257 g/mol. The average molecular weight is 258 g/mol. The van der Waals surface area contributed by atoms with Crippen molar-refractivity contribution >= 4 is 17.5 Å². The Hall–Kier alpha value is -0.900. The molecule has 0 bridgehead atoms. The van der Waals surface area contributed by atoms with Crippen LogP contribution in [0.25, 0.3) is 0 Å². The zero-order valence-electron chi connectivity index (χ0n) is 9.78. The van der Waals surface area contributed by atoms with Crippen molar-refractivity contribution in [2.24, 2.45) is 0 Å². The topological polar surface area (TPSA) is 29.0 Å². The van der Waals surface area contributed by atoms with Gasteiger partial charge in [-0.1, -0.05) is 19.3 Å². The number of nitrogens with zero attached hydrogens (tertiary/aromatic N) is 3. The molecular weight excluding hydrogens is 241 g/mol. The van der Waals surface area contributed by atoms with Crippen molar-refractivity contribution in [3.05, 3.63) is 18.2 Å². The van der Waals surface area contributed by atoms with Crippen LogP contribution in [0.2, 0.25) is 0 Å². The lowest BCUT2D eigenvalue weighted by atomic mass is 9.94. The Morgan fingerprint density at radius 2 is 1.88 bits per heavy atom. The zero-order valence-corrected chi connectivity index (χ0v) is 10.5. The minimum Gasteiger partial charge on any atom is -0.337 e. The third-order valence-electron chi connectivity index (χ3n) is 3.20. The summed E-state index contributed by atoms with van der Waals surface area (Å²) >= 11 is 5.83. The molecule has 0 N–H and O–H groups in total. The summed E-state index contributed by atoms with van der Waals surface area (Å²) in [5, 5.41) is 0. The van der Waals surface area contributed by atoms with Gasteiger partial charge in [0.25, 0.3) is 0 Å². The normalized spacial score (nSPS) is 17.1. The summed E-state index contributed by atoms with van der Waals surface area (Å²) in [7, 11) is 0. The quantitative estimate of drug-likeness (QED) is 0.777.